The Balaban J connectivity index is 1.98. The summed E-state index contributed by atoms with van der Waals surface area (Å²) < 4.78 is 4.93. The SMILES string of the molecule is O=C([O-])COc1ccc(C(=O)/C=C/c2cccs2)cc1. The van der Waals surface area contributed by atoms with Gasteiger partial charge in [-0.2, -0.15) is 0 Å². The molecule has 0 aliphatic rings. The molecule has 1 aromatic heterocycles. The number of thiophene rings is 1. The second-order valence-corrected chi connectivity index (χ2v) is 4.88. The van der Waals surface area contributed by atoms with Crippen LogP contribution in [-0.2, 0) is 4.79 Å². The maximum atomic E-state index is 11.9. The van der Waals surface area contributed by atoms with Crippen LogP contribution in [0.15, 0.2) is 47.9 Å². The van der Waals surface area contributed by atoms with E-state index >= 15 is 0 Å². The minimum atomic E-state index is -1.29. The molecule has 0 saturated heterocycles. The van der Waals surface area contributed by atoms with Crippen molar-refractivity contribution in [3.63, 3.8) is 0 Å². The minimum Gasteiger partial charge on any atom is -0.546 e. The van der Waals surface area contributed by atoms with E-state index in [0.717, 1.165) is 4.88 Å². The number of carboxylic acids is 1. The van der Waals surface area contributed by atoms with Crippen molar-refractivity contribution in [2.24, 2.45) is 0 Å². The first-order chi connectivity index (χ1) is 9.65. The van der Waals surface area contributed by atoms with E-state index in [4.69, 9.17) is 4.74 Å². The van der Waals surface area contributed by atoms with E-state index in [-0.39, 0.29) is 5.78 Å². The fourth-order valence-electron chi connectivity index (χ4n) is 1.50. The summed E-state index contributed by atoms with van der Waals surface area (Å²) in [4.78, 5) is 23.1. The van der Waals surface area contributed by atoms with Crippen LogP contribution < -0.4 is 9.84 Å². The number of ketones is 1. The molecule has 5 heteroatoms. The van der Waals surface area contributed by atoms with Gasteiger partial charge >= 0.3 is 0 Å². The van der Waals surface area contributed by atoms with Gasteiger partial charge in [-0.15, -0.1) is 11.3 Å². The number of allylic oxidation sites excluding steroid dienone is 1. The normalized spacial score (nSPS) is 10.6. The Morgan fingerprint density at radius 1 is 1.20 bits per heavy atom. The van der Waals surface area contributed by atoms with Crippen LogP contribution in [0.5, 0.6) is 5.75 Å². The lowest BCUT2D eigenvalue weighted by atomic mass is 10.1. The highest BCUT2D eigenvalue weighted by Gasteiger charge is 2.02. The smallest absolute Gasteiger partial charge is 0.185 e. The topological polar surface area (TPSA) is 66.4 Å². The Bertz CT molecular complexity index is 612. The Morgan fingerprint density at radius 3 is 2.55 bits per heavy atom. The molecular formula is C15H11O4S-. The first-order valence-electron chi connectivity index (χ1n) is 5.84. The summed E-state index contributed by atoms with van der Waals surface area (Å²) in [7, 11) is 0. The predicted molar refractivity (Wildman–Crippen MR) is 74.6 cm³/mol. The van der Waals surface area contributed by atoms with Crippen molar-refractivity contribution < 1.29 is 19.4 Å². The van der Waals surface area contributed by atoms with Gasteiger partial charge in [0.2, 0.25) is 0 Å². The summed E-state index contributed by atoms with van der Waals surface area (Å²) in [5, 5.41) is 12.2. The van der Waals surface area contributed by atoms with Crippen molar-refractivity contribution in [2.45, 2.75) is 0 Å². The van der Waals surface area contributed by atoms with E-state index in [9.17, 15) is 14.7 Å². The summed E-state index contributed by atoms with van der Waals surface area (Å²) in [5.74, 6) is -1.03. The van der Waals surface area contributed by atoms with Crippen LogP contribution in [0.3, 0.4) is 0 Å². The number of hydrogen-bond acceptors (Lipinski definition) is 5. The van der Waals surface area contributed by atoms with Gasteiger partial charge in [-0.1, -0.05) is 6.07 Å². The Kier molecular flexibility index (Phi) is 4.68. The highest BCUT2D eigenvalue weighted by atomic mass is 32.1. The number of ether oxygens (including phenoxy) is 1. The molecule has 1 aromatic carbocycles. The third kappa shape index (κ3) is 4.07. The zero-order valence-electron chi connectivity index (χ0n) is 10.4. The molecule has 1 heterocycles. The molecule has 0 aliphatic carbocycles. The van der Waals surface area contributed by atoms with Crippen LogP contribution in [-0.4, -0.2) is 18.4 Å². The number of carbonyl (C=O) groups excluding carboxylic acids is 2. The van der Waals surface area contributed by atoms with Gasteiger partial charge in [-0.25, -0.2) is 0 Å². The highest BCUT2D eigenvalue weighted by molar-refractivity contribution is 7.10. The molecule has 2 aromatic rings. The Labute approximate surface area is 119 Å². The average molecular weight is 287 g/mol. The average Bonchev–Trinajstić information content (AvgIpc) is 2.96. The van der Waals surface area contributed by atoms with Crippen LogP contribution >= 0.6 is 11.3 Å². The summed E-state index contributed by atoms with van der Waals surface area (Å²) in [6, 6.07) is 10.1. The van der Waals surface area contributed by atoms with Gasteiger partial charge in [-0.3, -0.25) is 4.79 Å². The summed E-state index contributed by atoms with van der Waals surface area (Å²) >= 11 is 1.55. The maximum Gasteiger partial charge on any atom is 0.185 e. The fraction of sp³-hybridized carbons (Fsp3) is 0.0667. The van der Waals surface area contributed by atoms with Gasteiger partial charge in [-0.05, 0) is 47.9 Å². The molecule has 0 aliphatic heterocycles. The molecule has 0 saturated carbocycles. The molecular weight excluding hydrogens is 276 g/mol. The van der Waals surface area contributed by atoms with E-state index in [1.807, 2.05) is 17.5 Å². The molecule has 0 bridgehead atoms. The molecule has 20 heavy (non-hydrogen) atoms. The zero-order valence-corrected chi connectivity index (χ0v) is 11.3. The largest absolute Gasteiger partial charge is 0.546 e. The first kappa shape index (κ1) is 14.0. The summed E-state index contributed by atoms with van der Waals surface area (Å²) in [6.45, 7) is -0.508. The second kappa shape index (κ2) is 6.68. The number of rotatable bonds is 6. The van der Waals surface area contributed by atoms with Crippen LogP contribution in [0.25, 0.3) is 6.08 Å². The minimum absolute atomic E-state index is 0.121. The van der Waals surface area contributed by atoms with Crippen molar-refractivity contribution in [1.82, 2.24) is 0 Å². The quantitative estimate of drug-likeness (QED) is 0.600. The molecule has 0 amide bonds. The number of carbonyl (C=O) groups is 2. The molecule has 4 nitrogen and oxygen atoms in total. The lowest BCUT2D eigenvalue weighted by Crippen LogP contribution is -2.28. The molecule has 0 radical (unpaired) electrons. The number of hydrogen-bond donors (Lipinski definition) is 0. The van der Waals surface area contributed by atoms with Crippen molar-refractivity contribution in [3.8, 4) is 5.75 Å². The third-order valence-electron chi connectivity index (χ3n) is 2.44. The highest BCUT2D eigenvalue weighted by Crippen LogP contribution is 2.14. The van der Waals surface area contributed by atoms with Gasteiger partial charge < -0.3 is 14.6 Å². The monoisotopic (exact) mass is 287 g/mol. The number of carboxylic acid groups (broad SMARTS) is 1. The molecule has 0 spiro atoms. The van der Waals surface area contributed by atoms with Gasteiger partial charge in [0.25, 0.3) is 0 Å². The second-order valence-electron chi connectivity index (χ2n) is 3.90. The van der Waals surface area contributed by atoms with Crippen molar-refractivity contribution in [3.05, 3.63) is 58.3 Å². The molecule has 102 valence electrons. The molecule has 0 unspecified atom stereocenters. The van der Waals surface area contributed by atoms with E-state index in [2.05, 4.69) is 0 Å². The Morgan fingerprint density at radius 2 is 1.95 bits per heavy atom. The van der Waals surface area contributed by atoms with E-state index < -0.39 is 12.6 Å². The van der Waals surface area contributed by atoms with Crippen molar-refractivity contribution in [2.75, 3.05) is 6.61 Å². The summed E-state index contributed by atoms with van der Waals surface area (Å²) in [5.41, 5.74) is 0.513. The van der Waals surface area contributed by atoms with E-state index in [0.29, 0.717) is 11.3 Å². The van der Waals surface area contributed by atoms with Crippen LogP contribution in [0.2, 0.25) is 0 Å². The maximum absolute atomic E-state index is 11.9. The Hall–Kier alpha value is -2.40. The molecule has 0 N–H and O–H groups in total. The van der Waals surface area contributed by atoms with Gasteiger partial charge in [0.15, 0.2) is 5.78 Å². The van der Waals surface area contributed by atoms with Gasteiger partial charge in [0.05, 0.1) is 5.97 Å². The van der Waals surface area contributed by atoms with Crippen molar-refractivity contribution >= 4 is 29.2 Å². The van der Waals surface area contributed by atoms with Crippen molar-refractivity contribution in [1.29, 1.82) is 0 Å². The lowest BCUT2D eigenvalue weighted by Gasteiger charge is -2.06. The van der Waals surface area contributed by atoms with E-state index in [1.54, 1.807) is 41.7 Å². The fourth-order valence-corrected chi connectivity index (χ4v) is 2.12. The first-order valence-corrected chi connectivity index (χ1v) is 6.72. The standard InChI is InChI=1S/C15H12O4S/c16-14(8-7-13-2-1-9-20-13)11-3-5-12(6-4-11)19-10-15(17)18/h1-9H,10H2,(H,17,18)/p-1/b8-7+. The zero-order chi connectivity index (χ0) is 14.4. The predicted octanol–water partition coefficient (Wildman–Crippen LogP) is 1.77. The molecule has 0 atom stereocenters. The number of benzene rings is 1. The molecule has 0 fully saturated rings. The van der Waals surface area contributed by atoms with E-state index in [1.165, 1.54) is 6.08 Å². The van der Waals surface area contributed by atoms with Gasteiger partial charge in [0.1, 0.15) is 12.4 Å². The van der Waals surface area contributed by atoms with Gasteiger partial charge in [0, 0.05) is 10.4 Å². The summed E-state index contributed by atoms with van der Waals surface area (Å²) in [6.07, 6.45) is 3.26. The van der Waals surface area contributed by atoms with Crippen LogP contribution in [0.4, 0.5) is 0 Å². The van der Waals surface area contributed by atoms with Crippen LogP contribution in [0, 0.1) is 0 Å². The third-order valence-corrected chi connectivity index (χ3v) is 3.28. The van der Waals surface area contributed by atoms with Crippen LogP contribution in [0.1, 0.15) is 15.2 Å². The lowest BCUT2D eigenvalue weighted by molar-refractivity contribution is -0.307. The molecule has 2 rings (SSSR count). The number of aliphatic carboxylic acids is 1.